The minimum Gasteiger partial charge on any atom is -0.348 e. The SMILES string of the molecule is CC(C)CC(C)(CN)NC(=O)Cn1ccccc1=O. The zero-order valence-corrected chi connectivity index (χ0v) is 11.8. The van der Waals surface area contributed by atoms with Crippen LogP contribution in [0.5, 0.6) is 0 Å². The number of carbonyl (C=O) groups is 1. The Kier molecular flexibility index (Phi) is 5.30. The van der Waals surface area contributed by atoms with Crippen molar-refractivity contribution in [1.82, 2.24) is 9.88 Å². The molecule has 0 bridgehead atoms. The summed E-state index contributed by atoms with van der Waals surface area (Å²) in [6.45, 7) is 6.50. The summed E-state index contributed by atoms with van der Waals surface area (Å²) in [5, 5.41) is 2.93. The van der Waals surface area contributed by atoms with Crippen LogP contribution < -0.4 is 16.6 Å². The van der Waals surface area contributed by atoms with E-state index in [1.54, 1.807) is 18.3 Å². The number of hydrogen-bond donors (Lipinski definition) is 2. The number of nitrogens with two attached hydrogens (primary N) is 1. The van der Waals surface area contributed by atoms with Crippen LogP contribution in [0.15, 0.2) is 29.2 Å². The number of rotatable bonds is 6. The molecule has 0 saturated heterocycles. The Morgan fingerprint density at radius 3 is 2.68 bits per heavy atom. The molecule has 1 atom stereocenters. The van der Waals surface area contributed by atoms with Crippen LogP contribution in [0, 0.1) is 5.92 Å². The van der Waals surface area contributed by atoms with Gasteiger partial charge in [0.05, 0.1) is 0 Å². The third-order valence-electron chi connectivity index (χ3n) is 2.96. The van der Waals surface area contributed by atoms with Crippen molar-refractivity contribution in [3.63, 3.8) is 0 Å². The molecule has 0 saturated carbocycles. The van der Waals surface area contributed by atoms with Crippen molar-refractivity contribution in [2.75, 3.05) is 6.54 Å². The predicted molar refractivity (Wildman–Crippen MR) is 75.8 cm³/mol. The van der Waals surface area contributed by atoms with Crippen LogP contribution in [0.4, 0.5) is 0 Å². The van der Waals surface area contributed by atoms with Crippen molar-refractivity contribution in [3.05, 3.63) is 34.7 Å². The molecule has 5 heteroatoms. The summed E-state index contributed by atoms with van der Waals surface area (Å²) in [5.41, 5.74) is 5.13. The predicted octanol–water partition coefficient (Wildman–Crippen LogP) is 0.728. The van der Waals surface area contributed by atoms with E-state index in [1.807, 2.05) is 6.92 Å². The number of amides is 1. The molecule has 1 aromatic rings. The highest BCUT2D eigenvalue weighted by Crippen LogP contribution is 2.15. The third-order valence-corrected chi connectivity index (χ3v) is 2.96. The summed E-state index contributed by atoms with van der Waals surface area (Å²) in [7, 11) is 0. The van der Waals surface area contributed by atoms with E-state index in [0.29, 0.717) is 12.5 Å². The van der Waals surface area contributed by atoms with Crippen LogP contribution in [-0.2, 0) is 11.3 Å². The zero-order chi connectivity index (χ0) is 14.5. The molecule has 0 spiro atoms. The molecular weight excluding hydrogens is 242 g/mol. The van der Waals surface area contributed by atoms with Crippen LogP contribution in [-0.4, -0.2) is 22.6 Å². The van der Waals surface area contributed by atoms with E-state index in [-0.39, 0.29) is 18.0 Å². The lowest BCUT2D eigenvalue weighted by Crippen LogP contribution is -2.53. The van der Waals surface area contributed by atoms with Gasteiger partial charge in [-0.2, -0.15) is 0 Å². The second-order valence-corrected chi connectivity index (χ2v) is 5.58. The second kappa shape index (κ2) is 6.52. The van der Waals surface area contributed by atoms with Gasteiger partial charge in [-0.15, -0.1) is 0 Å². The summed E-state index contributed by atoms with van der Waals surface area (Å²) in [6, 6.07) is 4.81. The molecule has 1 rings (SSSR count). The van der Waals surface area contributed by atoms with E-state index >= 15 is 0 Å². The van der Waals surface area contributed by atoms with Gasteiger partial charge < -0.3 is 15.6 Å². The molecule has 0 aliphatic carbocycles. The lowest BCUT2D eigenvalue weighted by molar-refractivity contribution is -0.123. The quantitative estimate of drug-likeness (QED) is 0.796. The van der Waals surface area contributed by atoms with Gasteiger partial charge in [0.15, 0.2) is 0 Å². The Morgan fingerprint density at radius 1 is 1.47 bits per heavy atom. The lowest BCUT2D eigenvalue weighted by atomic mass is 9.91. The van der Waals surface area contributed by atoms with Crippen molar-refractivity contribution >= 4 is 5.91 Å². The number of carbonyl (C=O) groups excluding carboxylic acids is 1. The molecule has 1 unspecified atom stereocenters. The first kappa shape index (κ1) is 15.4. The van der Waals surface area contributed by atoms with Gasteiger partial charge in [0, 0.05) is 24.3 Å². The summed E-state index contributed by atoms with van der Waals surface area (Å²) < 4.78 is 1.38. The molecule has 1 aromatic heterocycles. The largest absolute Gasteiger partial charge is 0.348 e. The highest BCUT2D eigenvalue weighted by molar-refractivity contribution is 5.76. The number of pyridine rings is 1. The molecule has 1 amide bonds. The van der Waals surface area contributed by atoms with E-state index in [9.17, 15) is 9.59 Å². The van der Waals surface area contributed by atoms with Crippen molar-refractivity contribution < 1.29 is 4.79 Å². The highest BCUT2D eigenvalue weighted by Gasteiger charge is 2.25. The molecule has 0 aromatic carbocycles. The van der Waals surface area contributed by atoms with E-state index in [2.05, 4.69) is 19.2 Å². The molecule has 5 nitrogen and oxygen atoms in total. The maximum absolute atomic E-state index is 12.0. The Bertz CT molecular complexity index is 482. The van der Waals surface area contributed by atoms with Crippen molar-refractivity contribution in [3.8, 4) is 0 Å². The molecule has 0 radical (unpaired) electrons. The fourth-order valence-corrected chi connectivity index (χ4v) is 2.21. The second-order valence-electron chi connectivity index (χ2n) is 5.58. The molecule has 3 N–H and O–H groups in total. The minimum atomic E-state index is -0.427. The summed E-state index contributed by atoms with van der Waals surface area (Å²) in [4.78, 5) is 23.5. The average Bonchev–Trinajstić information content (AvgIpc) is 2.31. The van der Waals surface area contributed by atoms with Gasteiger partial charge in [0.2, 0.25) is 5.91 Å². The molecule has 0 aliphatic rings. The van der Waals surface area contributed by atoms with E-state index in [0.717, 1.165) is 6.42 Å². The zero-order valence-electron chi connectivity index (χ0n) is 11.8. The lowest BCUT2D eigenvalue weighted by Gasteiger charge is -2.31. The van der Waals surface area contributed by atoms with Gasteiger partial charge in [0.1, 0.15) is 6.54 Å². The van der Waals surface area contributed by atoms with Crippen molar-refractivity contribution in [2.45, 2.75) is 39.3 Å². The van der Waals surface area contributed by atoms with Crippen LogP contribution in [0.3, 0.4) is 0 Å². The molecule has 106 valence electrons. The Balaban J connectivity index is 2.69. The Hall–Kier alpha value is -1.62. The Morgan fingerprint density at radius 2 is 2.16 bits per heavy atom. The van der Waals surface area contributed by atoms with Gasteiger partial charge in [-0.3, -0.25) is 9.59 Å². The number of hydrogen-bond acceptors (Lipinski definition) is 3. The van der Waals surface area contributed by atoms with Crippen LogP contribution in [0.25, 0.3) is 0 Å². The van der Waals surface area contributed by atoms with Crippen LogP contribution in [0.1, 0.15) is 27.2 Å². The fraction of sp³-hybridized carbons (Fsp3) is 0.571. The van der Waals surface area contributed by atoms with Gasteiger partial charge in [-0.1, -0.05) is 19.9 Å². The third kappa shape index (κ3) is 4.87. The van der Waals surface area contributed by atoms with Gasteiger partial charge in [-0.25, -0.2) is 0 Å². The van der Waals surface area contributed by atoms with E-state index in [4.69, 9.17) is 5.73 Å². The van der Waals surface area contributed by atoms with Gasteiger partial charge >= 0.3 is 0 Å². The first-order valence-corrected chi connectivity index (χ1v) is 6.53. The normalized spacial score (nSPS) is 14.2. The van der Waals surface area contributed by atoms with Crippen molar-refractivity contribution in [1.29, 1.82) is 0 Å². The molecular formula is C14H23N3O2. The number of nitrogens with one attached hydrogen (secondary N) is 1. The van der Waals surface area contributed by atoms with Gasteiger partial charge in [0.25, 0.3) is 5.56 Å². The molecule has 19 heavy (non-hydrogen) atoms. The average molecular weight is 265 g/mol. The van der Waals surface area contributed by atoms with Gasteiger partial charge in [-0.05, 0) is 25.3 Å². The number of nitrogens with zero attached hydrogens (tertiary/aromatic N) is 1. The molecule has 1 heterocycles. The summed E-state index contributed by atoms with van der Waals surface area (Å²) >= 11 is 0. The van der Waals surface area contributed by atoms with Crippen LogP contribution >= 0.6 is 0 Å². The maximum atomic E-state index is 12.0. The topological polar surface area (TPSA) is 77.1 Å². The first-order valence-electron chi connectivity index (χ1n) is 6.53. The van der Waals surface area contributed by atoms with Crippen LogP contribution in [0.2, 0.25) is 0 Å². The minimum absolute atomic E-state index is 0.0212. The fourth-order valence-electron chi connectivity index (χ4n) is 2.21. The summed E-state index contributed by atoms with van der Waals surface area (Å²) in [6.07, 6.45) is 2.41. The summed E-state index contributed by atoms with van der Waals surface area (Å²) in [5.74, 6) is 0.246. The molecule has 0 fully saturated rings. The smallest absolute Gasteiger partial charge is 0.250 e. The standard InChI is InChI=1S/C14H23N3O2/c1-11(2)8-14(3,10-15)16-12(18)9-17-7-5-4-6-13(17)19/h4-7,11H,8-10,15H2,1-3H3,(H,16,18). The highest BCUT2D eigenvalue weighted by atomic mass is 16.2. The maximum Gasteiger partial charge on any atom is 0.250 e. The van der Waals surface area contributed by atoms with E-state index < -0.39 is 5.54 Å². The molecule has 0 aliphatic heterocycles. The van der Waals surface area contributed by atoms with Crippen molar-refractivity contribution in [2.24, 2.45) is 11.7 Å². The Labute approximate surface area is 113 Å². The monoisotopic (exact) mass is 265 g/mol. The number of aromatic nitrogens is 1. The first-order chi connectivity index (χ1) is 8.86. The van der Waals surface area contributed by atoms with E-state index in [1.165, 1.54) is 10.6 Å².